The molecular formula is C13H16N4O2. The van der Waals surface area contributed by atoms with E-state index < -0.39 is 0 Å². The molecule has 0 aliphatic heterocycles. The van der Waals surface area contributed by atoms with E-state index in [2.05, 4.69) is 34.3 Å². The van der Waals surface area contributed by atoms with Crippen molar-refractivity contribution in [3.63, 3.8) is 0 Å². The highest BCUT2D eigenvalue weighted by atomic mass is 16.5. The minimum Gasteiger partial charge on any atom is -0.351 e. The van der Waals surface area contributed by atoms with Crippen LogP contribution in [0.4, 0.5) is 5.82 Å². The van der Waals surface area contributed by atoms with Gasteiger partial charge in [-0.1, -0.05) is 19.0 Å². The predicted octanol–water partition coefficient (Wildman–Crippen LogP) is 2.62. The van der Waals surface area contributed by atoms with Gasteiger partial charge < -0.3 is 9.84 Å². The Balaban J connectivity index is 2.08. The Morgan fingerprint density at radius 1 is 1.37 bits per heavy atom. The fourth-order valence-corrected chi connectivity index (χ4v) is 1.84. The van der Waals surface area contributed by atoms with Crippen LogP contribution in [-0.4, -0.2) is 21.0 Å². The Hall–Kier alpha value is -2.24. The van der Waals surface area contributed by atoms with E-state index in [1.54, 1.807) is 6.07 Å². The molecule has 0 aromatic carbocycles. The van der Waals surface area contributed by atoms with Gasteiger partial charge in [-0.3, -0.25) is 9.78 Å². The summed E-state index contributed by atoms with van der Waals surface area (Å²) in [4.78, 5) is 19.7. The number of hydrogen-bond donors (Lipinski definition) is 1. The molecule has 1 amide bonds. The number of carbonyl (C=O) groups excluding carboxylic acids is 1. The van der Waals surface area contributed by atoms with Crippen LogP contribution in [0.2, 0.25) is 0 Å². The monoisotopic (exact) mass is 260 g/mol. The molecule has 2 aromatic rings. The summed E-state index contributed by atoms with van der Waals surface area (Å²) in [5, 5.41) is 6.55. The van der Waals surface area contributed by atoms with Gasteiger partial charge in [0.15, 0.2) is 5.82 Å². The molecule has 0 bridgehead atoms. The van der Waals surface area contributed by atoms with E-state index in [1.807, 2.05) is 0 Å². The molecule has 2 rings (SSSR count). The van der Waals surface area contributed by atoms with Crippen LogP contribution in [0.15, 0.2) is 29.2 Å². The van der Waals surface area contributed by atoms with E-state index in [0.717, 1.165) is 18.5 Å². The molecule has 6 heteroatoms. The maximum atomic E-state index is 11.9. The molecule has 0 atom stereocenters. The highest BCUT2D eigenvalue weighted by Gasteiger charge is 2.17. The van der Waals surface area contributed by atoms with Crippen molar-refractivity contribution in [2.24, 2.45) is 0 Å². The van der Waals surface area contributed by atoms with Crippen molar-refractivity contribution in [1.29, 1.82) is 0 Å². The lowest BCUT2D eigenvalue weighted by Gasteiger charge is -2.05. The molecule has 2 aromatic heterocycles. The normalized spacial score (nSPS) is 10.7. The molecule has 0 aliphatic rings. The van der Waals surface area contributed by atoms with Crippen molar-refractivity contribution in [1.82, 2.24) is 15.1 Å². The molecule has 2 heterocycles. The fraction of sp³-hybridized carbons (Fsp3) is 0.385. The van der Waals surface area contributed by atoms with Gasteiger partial charge in [0.05, 0.1) is 11.9 Å². The summed E-state index contributed by atoms with van der Waals surface area (Å²) in [6, 6.07) is 1.68. The minimum absolute atomic E-state index is 0.188. The minimum atomic E-state index is -0.370. The Morgan fingerprint density at radius 2 is 2.16 bits per heavy atom. The smallest absolute Gasteiger partial charge is 0.295 e. The number of nitrogens with zero attached hydrogens (tertiary/aromatic N) is 3. The number of nitrogens with one attached hydrogen (secondary N) is 1. The Kier molecular flexibility index (Phi) is 4.22. The summed E-state index contributed by atoms with van der Waals surface area (Å²) >= 11 is 0. The first-order valence-corrected chi connectivity index (χ1v) is 6.28. The molecule has 1 N–H and O–H groups in total. The summed E-state index contributed by atoms with van der Waals surface area (Å²) in [7, 11) is 0. The molecule has 0 spiro atoms. The second kappa shape index (κ2) is 6.08. The summed E-state index contributed by atoms with van der Waals surface area (Å²) in [5.41, 5.74) is 0.814. The zero-order chi connectivity index (χ0) is 13.7. The van der Waals surface area contributed by atoms with Crippen LogP contribution >= 0.6 is 0 Å². The highest BCUT2D eigenvalue weighted by Crippen LogP contribution is 2.22. The Bertz CT molecular complexity index is 535. The third-order valence-electron chi connectivity index (χ3n) is 2.96. The van der Waals surface area contributed by atoms with Crippen LogP contribution in [0.5, 0.6) is 0 Å². The maximum Gasteiger partial charge on any atom is 0.295 e. The van der Waals surface area contributed by atoms with Gasteiger partial charge in [-0.2, -0.15) is 0 Å². The van der Waals surface area contributed by atoms with Gasteiger partial charge in [0, 0.05) is 24.4 Å². The third-order valence-corrected chi connectivity index (χ3v) is 2.96. The van der Waals surface area contributed by atoms with E-state index in [0.29, 0.717) is 11.7 Å². The van der Waals surface area contributed by atoms with Gasteiger partial charge >= 0.3 is 0 Å². The molecule has 0 saturated carbocycles. The fourth-order valence-electron chi connectivity index (χ4n) is 1.84. The molecule has 0 fully saturated rings. The highest BCUT2D eigenvalue weighted by molar-refractivity contribution is 6.01. The van der Waals surface area contributed by atoms with Gasteiger partial charge in [-0.05, 0) is 12.8 Å². The summed E-state index contributed by atoms with van der Waals surface area (Å²) in [6.07, 6.45) is 6.44. The molecule has 6 nitrogen and oxygen atoms in total. The number of aromatic nitrogens is 3. The van der Waals surface area contributed by atoms with E-state index in [4.69, 9.17) is 4.52 Å². The Labute approximate surface area is 111 Å². The quantitative estimate of drug-likeness (QED) is 0.893. The topological polar surface area (TPSA) is 80.9 Å². The van der Waals surface area contributed by atoms with Crippen molar-refractivity contribution in [2.45, 2.75) is 32.6 Å². The molecule has 19 heavy (non-hydrogen) atoms. The standard InChI is InChI=1S/C13H16N4O2/c1-3-9(4-2)10-7-11(19-17-10)13(18)16-12-8-14-5-6-15-12/h5-9H,3-4H2,1-2H3,(H,15,16,18). The van der Waals surface area contributed by atoms with Crippen LogP contribution in [0.1, 0.15) is 48.9 Å². The van der Waals surface area contributed by atoms with Crippen molar-refractivity contribution in [3.05, 3.63) is 36.1 Å². The van der Waals surface area contributed by atoms with Crippen LogP contribution in [0.25, 0.3) is 0 Å². The lowest BCUT2D eigenvalue weighted by molar-refractivity contribution is 0.0987. The zero-order valence-corrected chi connectivity index (χ0v) is 11.0. The van der Waals surface area contributed by atoms with Gasteiger partial charge in [0.2, 0.25) is 5.76 Å². The average Bonchev–Trinajstić information content (AvgIpc) is 2.91. The van der Waals surface area contributed by atoms with E-state index in [-0.39, 0.29) is 11.7 Å². The largest absolute Gasteiger partial charge is 0.351 e. The third kappa shape index (κ3) is 3.15. The van der Waals surface area contributed by atoms with Gasteiger partial charge in [-0.25, -0.2) is 4.98 Å². The van der Waals surface area contributed by atoms with Gasteiger partial charge in [0.1, 0.15) is 0 Å². The summed E-state index contributed by atoms with van der Waals surface area (Å²) in [6.45, 7) is 4.17. The number of rotatable bonds is 5. The summed E-state index contributed by atoms with van der Waals surface area (Å²) in [5.74, 6) is 0.521. The molecule has 0 unspecified atom stereocenters. The molecule has 100 valence electrons. The lowest BCUT2D eigenvalue weighted by atomic mass is 9.99. The van der Waals surface area contributed by atoms with Crippen molar-refractivity contribution in [2.75, 3.05) is 5.32 Å². The number of hydrogen-bond acceptors (Lipinski definition) is 5. The van der Waals surface area contributed by atoms with Crippen molar-refractivity contribution >= 4 is 11.7 Å². The Morgan fingerprint density at radius 3 is 2.79 bits per heavy atom. The van der Waals surface area contributed by atoms with Crippen LogP contribution in [0.3, 0.4) is 0 Å². The second-order valence-electron chi connectivity index (χ2n) is 4.17. The maximum absolute atomic E-state index is 11.9. The first kappa shape index (κ1) is 13.2. The van der Waals surface area contributed by atoms with Crippen LogP contribution in [-0.2, 0) is 0 Å². The average molecular weight is 260 g/mol. The summed E-state index contributed by atoms with van der Waals surface area (Å²) < 4.78 is 5.07. The number of anilines is 1. The number of amides is 1. The molecule has 0 aliphatic carbocycles. The first-order chi connectivity index (χ1) is 9.24. The first-order valence-electron chi connectivity index (χ1n) is 6.28. The molecular weight excluding hydrogens is 244 g/mol. The van der Waals surface area contributed by atoms with E-state index in [1.165, 1.54) is 18.6 Å². The molecule has 0 radical (unpaired) electrons. The van der Waals surface area contributed by atoms with Crippen molar-refractivity contribution in [3.8, 4) is 0 Å². The number of carbonyl (C=O) groups is 1. The zero-order valence-electron chi connectivity index (χ0n) is 11.0. The molecule has 0 saturated heterocycles. The second-order valence-corrected chi connectivity index (χ2v) is 4.17. The van der Waals surface area contributed by atoms with E-state index in [9.17, 15) is 4.79 Å². The lowest BCUT2D eigenvalue weighted by Crippen LogP contribution is -2.12. The van der Waals surface area contributed by atoms with Gasteiger partial charge in [-0.15, -0.1) is 0 Å². The SMILES string of the molecule is CCC(CC)c1cc(C(=O)Nc2cnccn2)on1. The predicted molar refractivity (Wildman–Crippen MR) is 69.8 cm³/mol. The van der Waals surface area contributed by atoms with Crippen LogP contribution < -0.4 is 5.32 Å². The van der Waals surface area contributed by atoms with E-state index >= 15 is 0 Å². The van der Waals surface area contributed by atoms with Crippen LogP contribution in [0, 0.1) is 0 Å². The van der Waals surface area contributed by atoms with Gasteiger partial charge in [0.25, 0.3) is 5.91 Å². The van der Waals surface area contributed by atoms with Crippen molar-refractivity contribution < 1.29 is 9.32 Å².